The van der Waals surface area contributed by atoms with Crippen LogP contribution in [0.15, 0.2) is 34.9 Å². The quantitative estimate of drug-likeness (QED) is 0.924. The SMILES string of the molecule is C[C@@H]1CC[C@@H](C(N)=O)CN1C(=O)c1cc(-c2cccc(Cl)c2)no1. The van der Waals surface area contributed by atoms with Gasteiger partial charge in [-0.2, -0.15) is 0 Å². The highest BCUT2D eigenvalue weighted by Gasteiger charge is 2.33. The minimum atomic E-state index is -0.378. The van der Waals surface area contributed by atoms with Crippen LogP contribution in [0.3, 0.4) is 0 Å². The Hall–Kier alpha value is -2.34. The predicted octanol–water partition coefficient (Wildman–Crippen LogP) is 2.72. The van der Waals surface area contributed by atoms with Crippen molar-refractivity contribution in [3.8, 4) is 11.3 Å². The summed E-state index contributed by atoms with van der Waals surface area (Å²) in [5, 5.41) is 4.53. The van der Waals surface area contributed by atoms with Crippen LogP contribution in [0.25, 0.3) is 11.3 Å². The Balaban J connectivity index is 1.81. The van der Waals surface area contributed by atoms with Crippen molar-refractivity contribution in [2.24, 2.45) is 11.7 Å². The molecular weight excluding hydrogens is 330 g/mol. The molecule has 3 rings (SSSR count). The fraction of sp³-hybridized carbons (Fsp3) is 0.353. The Morgan fingerprint density at radius 3 is 2.83 bits per heavy atom. The van der Waals surface area contributed by atoms with Crippen LogP contribution >= 0.6 is 11.6 Å². The number of carbonyl (C=O) groups is 2. The number of carbonyl (C=O) groups excluding carboxylic acids is 2. The van der Waals surface area contributed by atoms with Gasteiger partial charge in [0, 0.05) is 29.2 Å². The van der Waals surface area contributed by atoms with Gasteiger partial charge in [0.1, 0.15) is 5.69 Å². The minimum absolute atomic E-state index is 0.0211. The molecule has 2 atom stereocenters. The summed E-state index contributed by atoms with van der Waals surface area (Å²) in [6, 6.07) is 8.77. The van der Waals surface area contributed by atoms with Gasteiger partial charge in [0.15, 0.2) is 0 Å². The maximum atomic E-state index is 12.7. The molecule has 0 bridgehead atoms. The molecule has 0 radical (unpaired) electrons. The third kappa shape index (κ3) is 3.28. The molecule has 0 unspecified atom stereocenters. The summed E-state index contributed by atoms with van der Waals surface area (Å²) in [5.41, 5.74) is 6.69. The Morgan fingerprint density at radius 1 is 1.33 bits per heavy atom. The van der Waals surface area contributed by atoms with E-state index in [0.29, 0.717) is 23.7 Å². The number of benzene rings is 1. The van der Waals surface area contributed by atoms with Crippen LogP contribution in [0.4, 0.5) is 0 Å². The van der Waals surface area contributed by atoms with Crippen molar-refractivity contribution in [2.45, 2.75) is 25.8 Å². The Bertz CT molecular complexity index is 774. The first-order valence-corrected chi connectivity index (χ1v) is 8.16. The number of hydrogen-bond donors (Lipinski definition) is 1. The zero-order valence-corrected chi connectivity index (χ0v) is 14.0. The summed E-state index contributed by atoms with van der Waals surface area (Å²) >= 11 is 5.97. The summed E-state index contributed by atoms with van der Waals surface area (Å²) in [7, 11) is 0. The number of nitrogens with zero attached hydrogens (tertiary/aromatic N) is 2. The number of amides is 2. The van der Waals surface area contributed by atoms with E-state index in [9.17, 15) is 9.59 Å². The average Bonchev–Trinajstić information content (AvgIpc) is 3.04. The molecule has 1 fully saturated rings. The molecule has 1 aromatic heterocycles. The lowest BCUT2D eigenvalue weighted by atomic mass is 9.92. The minimum Gasteiger partial charge on any atom is -0.369 e. The van der Waals surface area contributed by atoms with Crippen molar-refractivity contribution in [2.75, 3.05) is 6.54 Å². The summed E-state index contributed by atoms with van der Waals surface area (Å²) < 4.78 is 5.22. The van der Waals surface area contributed by atoms with Crippen LogP contribution in [0.5, 0.6) is 0 Å². The molecular formula is C17H18ClN3O3. The van der Waals surface area contributed by atoms with Gasteiger partial charge in [0.05, 0.1) is 5.92 Å². The van der Waals surface area contributed by atoms with Gasteiger partial charge >= 0.3 is 0 Å². The van der Waals surface area contributed by atoms with Crippen molar-refractivity contribution in [1.29, 1.82) is 0 Å². The molecule has 2 heterocycles. The Morgan fingerprint density at radius 2 is 2.12 bits per heavy atom. The molecule has 126 valence electrons. The zero-order valence-electron chi connectivity index (χ0n) is 13.2. The highest BCUT2D eigenvalue weighted by atomic mass is 35.5. The first-order valence-electron chi connectivity index (χ1n) is 7.78. The molecule has 6 nitrogen and oxygen atoms in total. The molecule has 1 saturated heterocycles. The van der Waals surface area contributed by atoms with Crippen LogP contribution in [-0.4, -0.2) is 34.5 Å². The van der Waals surface area contributed by atoms with Crippen molar-refractivity contribution in [3.05, 3.63) is 41.1 Å². The molecule has 7 heteroatoms. The number of likely N-dealkylation sites (tertiary alicyclic amines) is 1. The number of halogens is 1. The maximum Gasteiger partial charge on any atom is 0.292 e. The van der Waals surface area contributed by atoms with Crippen LogP contribution in [0.1, 0.15) is 30.3 Å². The lowest BCUT2D eigenvalue weighted by Gasteiger charge is -2.36. The van der Waals surface area contributed by atoms with E-state index in [2.05, 4.69) is 5.16 Å². The first kappa shape index (κ1) is 16.5. The molecule has 1 aliphatic heterocycles. The number of primary amides is 1. The van der Waals surface area contributed by atoms with E-state index in [1.807, 2.05) is 13.0 Å². The first-order chi connectivity index (χ1) is 11.5. The van der Waals surface area contributed by atoms with Gasteiger partial charge < -0.3 is 15.2 Å². The van der Waals surface area contributed by atoms with Gasteiger partial charge in [-0.05, 0) is 31.9 Å². The molecule has 2 N–H and O–H groups in total. The topological polar surface area (TPSA) is 89.4 Å². The number of piperidine rings is 1. The monoisotopic (exact) mass is 347 g/mol. The van der Waals surface area contributed by atoms with Crippen LogP contribution in [0, 0.1) is 5.92 Å². The van der Waals surface area contributed by atoms with Crippen LogP contribution in [0.2, 0.25) is 5.02 Å². The van der Waals surface area contributed by atoms with E-state index < -0.39 is 0 Å². The molecule has 0 aliphatic carbocycles. The van der Waals surface area contributed by atoms with Gasteiger partial charge in [0.2, 0.25) is 11.7 Å². The largest absolute Gasteiger partial charge is 0.369 e. The fourth-order valence-corrected chi connectivity index (χ4v) is 3.11. The van der Waals surface area contributed by atoms with Gasteiger partial charge in [0.25, 0.3) is 5.91 Å². The lowest BCUT2D eigenvalue weighted by molar-refractivity contribution is -0.123. The molecule has 24 heavy (non-hydrogen) atoms. The zero-order chi connectivity index (χ0) is 17.3. The lowest BCUT2D eigenvalue weighted by Crippen LogP contribution is -2.48. The van der Waals surface area contributed by atoms with E-state index in [1.165, 1.54) is 0 Å². The van der Waals surface area contributed by atoms with Gasteiger partial charge in [-0.3, -0.25) is 9.59 Å². The predicted molar refractivity (Wildman–Crippen MR) is 89.4 cm³/mol. The molecule has 0 spiro atoms. The maximum absolute atomic E-state index is 12.7. The molecule has 1 aliphatic rings. The highest BCUT2D eigenvalue weighted by molar-refractivity contribution is 6.30. The van der Waals surface area contributed by atoms with E-state index in [4.69, 9.17) is 21.9 Å². The van der Waals surface area contributed by atoms with Gasteiger partial charge in [-0.15, -0.1) is 0 Å². The molecule has 2 amide bonds. The number of hydrogen-bond acceptors (Lipinski definition) is 4. The summed E-state index contributed by atoms with van der Waals surface area (Å²) in [6.45, 7) is 2.26. The number of nitrogens with two attached hydrogens (primary N) is 1. The van der Waals surface area contributed by atoms with E-state index in [-0.39, 0.29) is 29.5 Å². The van der Waals surface area contributed by atoms with E-state index in [1.54, 1.807) is 29.2 Å². The third-order valence-corrected chi connectivity index (χ3v) is 4.62. The normalized spacial score (nSPS) is 20.8. The number of aromatic nitrogens is 1. The fourth-order valence-electron chi connectivity index (χ4n) is 2.92. The molecule has 2 aromatic rings. The molecule has 0 saturated carbocycles. The van der Waals surface area contributed by atoms with Crippen molar-refractivity contribution in [3.63, 3.8) is 0 Å². The van der Waals surface area contributed by atoms with Gasteiger partial charge in [-0.25, -0.2) is 0 Å². The number of rotatable bonds is 3. The summed E-state index contributed by atoms with van der Waals surface area (Å²) in [6.07, 6.45) is 1.43. The average molecular weight is 348 g/mol. The standard InChI is InChI=1S/C17H18ClN3O3/c1-10-5-6-12(16(19)22)9-21(10)17(23)15-8-14(20-24-15)11-3-2-4-13(18)7-11/h2-4,7-8,10,12H,5-6,9H2,1H3,(H2,19,22)/t10-,12-/m1/s1. The van der Waals surface area contributed by atoms with E-state index >= 15 is 0 Å². The van der Waals surface area contributed by atoms with Crippen LogP contribution in [-0.2, 0) is 4.79 Å². The Labute approximate surface area is 144 Å². The highest BCUT2D eigenvalue weighted by Crippen LogP contribution is 2.26. The molecule has 1 aromatic carbocycles. The smallest absolute Gasteiger partial charge is 0.292 e. The van der Waals surface area contributed by atoms with Gasteiger partial charge in [-0.1, -0.05) is 28.9 Å². The second-order valence-electron chi connectivity index (χ2n) is 6.07. The van der Waals surface area contributed by atoms with E-state index in [0.717, 1.165) is 12.0 Å². The van der Waals surface area contributed by atoms with Crippen molar-refractivity contribution < 1.29 is 14.1 Å². The Kier molecular flexibility index (Phi) is 4.57. The second kappa shape index (κ2) is 6.65. The second-order valence-corrected chi connectivity index (χ2v) is 6.51. The van der Waals surface area contributed by atoms with Crippen LogP contribution < -0.4 is 5.73 Å². The summed E-state index contributed by atoms with van der Waals surface area (Å²) in [5.74, 6) is -0.839. The summed E-state index contributed by atoms with van der Waals surface area (Å²) in [4.78, 5) is 25.8. The van der Waals surface area contributed by atoms with Crippen molar-refractivity contribution in [1.82, 2.24) is 10.1 Å². The van der Waals surface area contributed by atoms with Crippen molar-refractivity contribution >= 4 is 23.4 Å². The third-order valence-electron chi connectivity index (χ3n) is 4.39.